The number of hydrogen-bond donors (Lipinski definition) is 3. The lowest BCUT2D eigenvalue weighted by molar-refractivity contribution is 0.102. The van der Waals surface area contributed by atoms with Crippen molar-refractivity contribution in [3.63, 3.8) is 0 Å². The molecule has 27 heavy (non-hydrogen) atoms. The Bertz CT molecular complexity index is 951. The van der Waals surface area contributed by atoms with Crippen molar-refractivity contribution in [2.45, 2.75) is 20.4 Å². The molecule has 138 valence electrons. The third kappa shape index (κ3) is 5.39. The summed E-state index contributed by atoms with van der Waals surface area (Å²) >= 11 is 1.38. The number of nitrogens with zero attached hydrogens (tertiary/aromatic N) is 1. The van der Waals surface area contributed by atoms with E-state index in [1.54, 1.807) is 12.1 Å². The van der Waals surface area contributed by atoms with Gasteiger partial charge in [-0.3, -0.25) is 10.1 Å². The number of aryl methyl sites for hydroxylation is 2. The van der Waals surface area contributed by atoms with Crippen LogP contribution in [-0.2, 0) is 6.54 Å². The van der Waals surface area contributed by atoms with Gasteiger partial charge in [0.1, 0.15) is 0 Å². The number of thiazole rings is 1. The van der Waals surface area contributed by atoms with Gasteiger partial charge in [0.2, 0.25) is 0 Å². The molecule has 0 saturated heterocycles. The van der Waals surface area contributed by atoms with Gasteiger partial charge in [-0.05, 0) is 43.7 Å². The molecule has 0 radical (unpaired) electrons. The molecule has 7 heteroatoms. The Hall–Kier alpha value is -3.19. The summed E-state index contributed by atoms with van der Waals surface area (Å²) < 4.78 is 0. The fourth-order valence-electron chi connectivity index (χ4n) is 2.40. The predicted molar refractivity (Wildman–Crippen MR) is 108 cm³/mol. The van der Waals surface area contributed by atoms with Crippen LogP contribution in [0.15, 0.2) is 53.9 Å². The second-order valence-electron chi connectivity index (χ2n) is 6.12. The van der Waals surface area contributed by atoms with Gasteiger partial charge < -0.3 is 10.6 Å². The lowest BCUT2D eigenvalue weighted by Gasteiger charge is -2.09. The van der Waals surface area contributed by atoms with E-state index in [1.807, 2.05) is 55.6 Å². The van der Waals surface area contributed by atoms with E-state index in [2.05, 4.69) is 20.9 Å². The van der Waals surface area contributed by atoms with Crippen LogP contribution in [0, 0.1) is 13.8 Å². The van der Waals surface area contributed by atoms with Crippen molar-refractivity contribution < 1.29 is 9.59 Å². The zero-order valence-electron chi connectivity index (χ0n) is 15.1. The van der Waals surface area contributed by atoms with Crippen LogP contribution in [0.2, 0.25) is 0 Å². The SMILES string of the molecule is Cc1ccc(C(=O)Nc2cccc(CNC(=O)Nc3nc(C)cs3)c2)cc1. The number of rotatable bonds is 5. The fourth-order valence-corrected chi connectivity index (χ4v) is 3.09. The number of benzene rings is 2. The minimum atomic E-state index is -0.321. The molecule has 3 aromatic rings. The average Bonchev–Trinajstić information content (AvgIpc) is 3.05. The zero-order valence-corrected chi connectivity index (χ0v) is 15.9. The van der Waals surface area contributed by atoms with E-state index in [0.717, 1.165) is 16.8 Å². The van der Waals surface area contributed by atoms with Gasteiger partial charge in [-0.1, -0.05) is 29.8 Å². The van der Waals surface area contributed by atoms with Crippen LogP contribution < -0.4 is 16.0 Å². The summed E-state index contributed by atoms with van der Waals surface area (Å²) in [5, 5.41) is 10.8. The molecule has 1 aromatic heterocycles. The number of anilines is 2. The van der Waals surface area contributed by atoms with E-state index >= 15 is 0 Å². The summed E-state index contributed by atoms with van der Waals surface area (Å²) in [6, 6.07) is 14.4. The van der Waals surface area contributed by atoms with Gasteiger partial charge in [-0.25, -0.2) is 9.78 Å². The van der Waals surface area contributed by atoms with Crippen LogP contribution in [0.1, 0.15) is 27.2 Å². The second kappa shape index (κ2) is 8.46. The van der Waals surface area contributed by atoms with Gasteiger partial charge in [0, 0.05) is 23.2 Å². The Balaban J connectivity index is 1.56. The molecule has 0 fully saturated rings. The van der Waals surface area contributed by atoms with Crippen LogP contribution >= 0.6 is 11.3 Å². The van der Waals surface area contributed by atoms with Gasteiger partial charge in [0.15, 0.2) is 5.13 Å². The highest BCUT2D eigenvalue weighted by Gasteiger charge is 2.07. The van der Waals surface area contributed by atoms with Gasteiger partial charge in [0.25, 0.3) is 5.91 Å². The summed E-state index contributed by atoms with van der Waals surface area (Å²) in [5.74, 6) is -0.169. The van der Waals surface area contributed by atoms with Crippen molar-refractivity contribution in [1.82, 2.24) is 10.3 Å². The average molecular weight is 380 g/mol. The number of carbonyl (C=O) groups is 2. The maximum absolute atomic E-state index is 12.3. The summed E-state index contributed by atoms with van der Waals surface area (Å²) in [4.78, 5) is 28.4. The summed E-state index contributed by atoms with van der Waals surface area (Å²) in [5.41, 5.74) is 4.12. The lowest BCUT2D eigenvalue weighted by atomic mass is 10.1. The highest BCUT2D eigenvalue weighted by Crippen LogP contribution is 2.15. The smallest absolute Gasteiger partial charge is 0.321 e. The third-order valence-corrected chi connectivity index (χ3v) is 4.67. The lowest BCUT2D eigenvalue weighted by Crippen LogP contribution is -2.28. The van der Waals surface area contributed by atoms with E-state index in [-0.39, 0.29) is 11.9 Å². The van der Waals surface area contributed by atoms with E-state index in [4.69, 9.17) is 0 Å². The number of amides is 3. The van der Waals surface area contributed by atoms with Crippen molar-refractivity contribution >= 4 is 34.1 Å². The molecular weight excluding hydrogens is 360 g/mol. The van der Waals surface area contributed by atoms with Crippen LogP contribution in [0.5, 0.6) is 0 Å². The third-order valence-electron chi connectivity index (χ3n) is 3.79. The number of nitrogens with one attached hydrogen (secondary N) is 3. The van der Waals surface area contributed by atoms with Crippen molar-refractivity contribution in [3.05, 3.63) is 76.3 Å². The normalized spacial score (nSPS) is 10.3. The van der Waals surface area contributed by atoms with E-state index in [9.17, 15) is 9.59 Å². The second-order valence-corrected chi connectivity index (χ2v) is 6.98. The molecule has 0 aliphatic rings. The minimum absolute atomic E-state index is 0.169. The van der Waals surface area contributed by atoms with Crippen LogP contribution in [0.25, 0.3) is 0 Å². The van der Waals surface area contributed by atoms with E-state index in [0.29, 0.717) is 22.9 Å². The standard InChI is InChI=1S/C20H20N4O2S/c1-13-6-8-16(9-7-13)18(25)23-17-5-3-4-15(10-17)11-21-19(26)24-20-22-14(2)12-27-20/h3-10,12H,11H2,1-2H3,(H,23,25)(H2,21,22,24,26). The van der Waals surface area contributed by atoms with Crippen LogP contribution in [-0.4, -0.2) is 16.9 Å². The molecule has 3 N–H and O–H groups in total. The summed E-state index contributed by atoms with van der Waals surface area (Å²) in [7, 11) is 0. The summed E-state index contributed by atoms with van der Waals surface area (Å²) in [6.45, 7) is 4.18. The molecule has 0 atom stereocenters. The molecule has 3 amide bonds. The van der Waals surface area contributed by atoms with E-state index in [1.165, 1.54) is 11.3 Å². The Morgan fingerprint density at radius 2 is 1.81 bits per heavy atom. The van der Waals surface area contributed by atoms with Crippen LogP contribution in [0.4, 0.5) is 15.6 Å². The quantitative estimate of drug-likeness (QED) is 0.616. The highest BCUT2D eigenvalue weighted by atomic mass is 32.1. The Kier molecular flexibility index (Phi) is 5.83. The van der Waals surface area contributed by atoms with E-state index < -0.39 is 0 Å². The minimum Gasteiger partial charge on any atom is -0.334 e. The molecule has 0 bridgehead atoms. The Morgan fingerprint density at radius 3 is 2.52 bits per heavy atom. The van der Waals surface area contributed by atoms with Crippen molar-refractivity contribution in [3.8, 4) is 0 Å². The first kappa shape index (κ1) is 18.6. The molecule has 0 aliphatic heterocycles. The van der Waals surface area contributed by atoms with Gasteiger partial charge in [-0.2, -0.15) is 0 Å². The number of carbonyl (C=O) groups excluding carboxylic acids is 2. The zero-order chi connectivity index (χ0) is 19.2. The number of urea groups is 1. The Labute approximate surface area is 161 Å². The van der Waals surface area contributed by atoms with Gasteiger partial charge in [0.05, 0.1) is 5.69 Å². The topological polar surface area (TPSA) is 83.1 Å². The Morgan fingerprint density at radius 1 is 1.04 bits per heavy atom. The number of hydrogen-bond acceptors (Lipinski definition) is 4. The molecule has 0 spiro atoms. The molecule has 6 nitrogen and oxygen atoms in total. The molecule has 0 unspecified atom stereocenters. The van der Waals surface area contributed by atoms with Gasteiger partial charge in [-0.15, -0.1) is 11.3 Å². The first-order valence-corrected chi connectivity index (χ1v) is 9.31. The van der Waals surface area contributed by atoms with Crippen LogP contribution in [0.3, 0.4) is 0 Å². The number of aromatic nitrogens is 1. The van der Waals surface area contributed by atoms with Crippen molar-refractivity contribution in [1.29, 1.82) is 0 Å². The first-order chi connectivity index (χ1) is 13.0. The fraction of sp³-hybridized carbons (Fsp3) is 0.150. The maximum Gasteiger partial charge on any atom is 0.321 e. The van der Waals surface area contributed by atoms with Gasteiger partial charge >= 0.3 is 6.03 Å². The highest BCUT2D eigenvalue weighted by molar-refractivity contribution is 7.13. The largest absolute Gasteiger partial charge is 0.334 e. The summed E-state index contributed by atoms with van der Waals surface area (Å²) in [6.07, 6.45) is 0. The maximum atomic E-state index is 12.3. The molecule has 3 rings (SSSR count). The monoisotopic (exact) mass is 380 g/mol. The first-order valence-electron chi connectivity index (χ1n) is 8.43. The molecule has 2 aromatic carbocycles. The molecule has 0 aliphatic carbocycles. The van der Waals surface area contributed by atoms with Crippen molar-refractivity contribution in [2.24, 2.45) is 0 Å². The molecular formula is C20H20N4O2S. The van der Waals surface area contributed by atoms with Crippen molar-refractivity contribution in [2.75, 3.05) is 10.6 Å². The predicted octanol–water partition coefficient (Wildman–Crippen LogP) is 4.33. The molecule has 1 heterocycles. The molecule has 0 saturated carbocycles.